The number of carbonyl (C=O) groups is 4. The molecule has 2 aliphatic rings. The highest BCUT2D eigenvalue weighted by Gasteiger charge is 2.43. The summed E-state index contributed by atoms with van der Waals surface area (Å²) in [7, 11) is 2.81. The average Bonchev–Trinajstić information content (AvgIpc) is 3.64. The smallest absolute Gasteiger partial charge is 0.305 e. The zero-order valence-corrected chi connectivity index (χ0v) is 29.1. The molecule has 260 valence electrons. The molecule has 0 fully saturated rings. The number of hydrogen-bond acceptors (Lipinski definition) is 6. The molecule has 0 bridgehead atoms. The van der Waals surface area contributed by atoms with Crippen molar-refractivity contribution < 1.29 is 38.9 Å². The summed E-state index contributed by atoms with van der Waals surface area (Å²) in [5.41, 5.74) is 13.5. The van der Waals surface area contributed by atoms with Crippen LogP contribution in [0, 0.1) is 13.8 Å². The molecule has 0 amide bonds. The van der Waals surface area contributed by atoms with Crippen molar-refractivity contribution in [2.45, 2.75) is 77.0 Å². The van der Waals surface area contributed by atoms with Crippen LogP contribution in [-0.2, 0) is 53.3 Å². The molecular weight excluding hydrogens is 632 g/mol. The number of aliphatic carboxylic acids is 2. The molecule has 0 saturated heterocycles. The molecule has 0 saturated carbocycles. The van der Waals surface area contributed by atoms with Crippen LogP contribution in [0.25, 0.3) is 22.3 Å². The van der Waals surface area contributed by atoms with Gasteiger partial charge in [-0.15, -0.1) is 0 Å². The molecule has 50 heavy (non-hydrogen) atoms. The molecule has 0 heterocycles. The third-order valence-electron chi connectivity index (χ3n) is 10.4. The second-order valence-corrected chi connectivity index (χ2v) is 13.0. The Kier molecular flexibility index (Phi) is 11.2. The predicted molar refractivity (Wildman–Crippen MR) is 191 cm³/mol. The van der Waals surface area contributed by atoms with E-state index >= 15 is 0 Å². The standard InChI is InChI=1S/2C21H22O4/c1-24-19(22)11-13-21(14-12-20(23)25-2)17-9-5-3-7-15(17)16-8-4-6-10-18(16)21;1-12-13(2)21-16-6-4-3-5-14(16)11-18(21)17(8-10-20(24)25)15(12)7-9-19(22)23/h3-10H,11-14H2,1-2H3;3-6H,7-11H2,1-2H3,(H,22,23)(H,24,25). The molecule has 0 spiro atoms. The maximum atomic E-state index is 11.8. The summed E-state index contributed by atoms with van der Waals surface area (Å²) in [4.78, 5) is 45.8. The zero-order valence-electron chi connectivity index (χ0n) is 29.1. The van der Waals surface area contributed by atoms with Gasteiger partial charge in [-0.2, -0.15) is 0 Å². The molecule has 0 radical (unpaired) electrons. The summed E-state index contributed by atoms with van der Waals surface area (Å²) < 4.78 is 9.69. The van der Waals surface area contributed by atoms with Crippen LogP contribution in [0.15, 0.2) is 72.8 Å². The Morgan fingerprint density at radius 3 is 1.58 bits per heavy atom. The number of methoxy groups -OCH3 is 2. The van der Waals surface area contributed by atoms with Gasteiger partial charge >= 0.3 is 23.9 Å². The summed E-state index contributed by atoms with van der Waals surface area (Å²) >= 11 is 0. The Hall–Kier alpha value is -5.24. The lowest BCUT2D eigenvalue weighted by Gasteiger charge is -2.31. The van der Waals surface area contributed by atoms with Crippen LogP contribution in [0.5, 0.6) is 0 Å². The summed E-state index contributed by atoms with van der Waals surface area (Å²) in [5, 5.41) is 18.2. The highest BCUT2D eigenvalue weighted by atomic mass is 16.5. The maximum Gasteiger partial charge on any atom is 0.305 e. The average molecular weight is 677 g/mol. The highest BCUT2D eigenvalue weighted by molar-refractivity contribution is 5.84. The predicted octanol–water partition coefficient (Wildman–Crippen LogP) is 7.77. The molecular formula is C42H44O8. The van der Waals surface area contributed by atoms with E-state index in [1.165, 1.54) is 64.3 Å². The fraction of sp³-hybridized carbons (Fsp3) is 0.333. The summed E-state index contributed by atoms with van der Waals surface area (Å²) in [6.07, 6.45) is 3.62. The first-order chi connectivity index (χ1) is 24.0. The first-order valence-corrected chi connectivity index (χ1v) is 17.0. The van der Waals surface area contributed by atoms with Gasteiger partial charge in [-0.3, -0.25) is 19.2 Å². The molecule has 8 nitrogen and oxygen atoms in total. The van der Waals surface area contributed by atoms with Gasteiger partial charge in [0.1, 0.15) is 0 Å². The van der Waals surface area contributed by atoms with Crippen LogP contribution >= 0.6 is 0 Å². The molecule has 6 rings (SSSR count). The maximum absolute atomic E-state index is 11.8. The minimum atomic E-state index is -0.829. The van der Waals surface area contributed by atoms with E-state index in [2.05, 4.69) is 43.3 Å². The third kappa shape index (κ3) is 7.20. The van der Waals surface area contributed by atoms with E-state index in [0.717, 1.165) is 23.1 Å². The van der Waals surface area contributed by atoms with Crippen LogP contribution in [-0.4, -0.2) is 48.3 Å². The molecule has 0 aliphatic heterocycles. The van der Waals surface area contributed by atoms with E-state index < -0.39 is 11.9 Å². The second kappa shape index (κ2) is 15.5. The second-order valence-electron chi connectivity index (χ2n) is 13.0. The molecule has 2 N–H and O–H groups in total. The molecule has 0 aromatic heterocycles. The molecule has 2 aliphatic carbocycles. The van der Waals surface area contributed by atoms with Crippen LogP contribution in [0.4, 0.5) is 0 Å². The van der Waals surface area contributed by atoms with Gasteiger partial charge in [0.2, 0.25) is 0 Å². The topological polar surface area (TPSA) is 127 Å². The van der Waals surface area contributed by atoms with Gasteiger partial charge in [-0.05, 0) is 113 Å². The molecule has 0 atom stereocenters. The minimum absolute atomic E-state index is 0.0609. The number of ether oxygens (including phenoxy) is 2. The Morgan fingerprint density at radius 2 is 1.08 bits per heavy atom. The largest absolute Gasteiger partial charge is 0.481 e. The van der Waals surface area contributed by atoms with Crippen molar-refractivity contribution in [1.29, 1.82) is 0 Å². The van der Waals surface area contributed by atoms with Gasteiger partial charge in [0.25, 0.3) is 0 Å². The molecule has 8 heteroatoms. The van der Waals surface area contributed by atoms with Crippen molar-refractivity contribution in [3.8, 4) is 22.3 Å². The summed E-state index contributed by atoms with van der Waals surface area (Å²) in [6.45, 7) is 4.11. The first kappa shape index (κ1) is 36.1. The van der Waals surface area contributed by atoms with E-state index in [9.17, 15) is 19.2 Å². The Balaban J connectivity index is 0.000000194. The number of benzene rings is 4. The van der Waals surface area contributed by atoms with Crippen LogP contribution < -0.4 is 0 Å². The van der Waals surface area contributed by atoms with E-state index in [1.54, 1.807) is 0 Å². The van der Waals surface area contributed by atoms with Gasteiger partial charge in [0.05, 0.1) is 14.2 Å². The monoisotopic (exact) mass is 676 g/mol. The van der Waals surface area contributed by atoms with Crippen molar-refractivity contribution in [2.75, 3.05) is 14.2 Å². The summed E-state index contributed by atoms with van der Waals surface area (Å²) in [5.74, 6) is -2.13. The number of esters is 2. The van der Waals surface area contributed by atoms with Gasteiger partial charge in [0.15, 0.2) is 0 Å². The van der Waals surface area contributed by atoms with E-state index in [4.69, 9.17) is 19.7 Å². The lowest BCUT2D eigenvalue weighted by Crippen LogP contribution is -2.28. The number of rotatable bonds is 12. The Labute approximate surface area is 293 Å². The van der Waals surface area contributed by atoms with Gasteiger partial charge in [-0.1, -0.05) is 72.8 Å². The van der Waals surface area contributed by atoms with Gasteiger partial charge < -0.3 is 19.7 Å². The van der Waals surface area contributed by atoms with Crippen molar-refractivity contribution in [2.24, 2.45) is 0 Å². The Morgan fingerprint density at radius 1 is 0.620 bits per heavy atom. The van der Waals surface area contributed by atoms with E-state index in [1.807, 2.05) is 43.3 Å². The lowest BCUT2D eigenvalue weighted by molar-refractivity contribution is -0.141. The van der Waals surface area contributed by atoms with Gasteiger partial charge in [0, 0.05) is 31.1 Å². The number of carbonyl (C=O) groups excluding carboxylic acids is 2. The number of fused-ring (bicyclic) bond motifs is 6. The molecule has 0 unspecified atom stereocenters. The van der Waals surface area contributed by atoms with Crippen LogP contribution in [0.1, 0.15) is 83.0 Å². The normalized spacial score (nSPS) is 12.8. The van der Waals surface area contributed by atoms with Crippen molar-refractivity contribution >= 4 is 23.9 Å². The fourth-order valence-corrected chi connectivity index (χ4v) is 7.89. The fourth-order valence-electron chi connectivity index (χ4n) is 7.89. The number of carboxylic acid groups (broad SMARTS) is 2. The first-order valence-electron chi connectivity index (χ1n) is 17.0. The van der Waals surface area contributed by atoms with Crippen molar-refractivity contribution in [3.05, 3.63) is 117 Å². The lowest BCUT2D eigenvalue weighted by atomic mass is 9.71. The highest BCUT2D eigenvalue weighted by Crippen LogP contribution is 2.53. The number of carboxylic acids is 2. The van der Waals surface area contributed by atoms with Crippen molar-refractivity contribution in [1.82, 2.24) is 0 Å². The van der Waals surface area contributed by atoms with E-state index in [0.29, 0.717) is 38.5 Å². The van der Waals surface area contributed by atoms with Gasteiger partial charge in [-0.25, -0.2) is 0 Å². The van der Waals surface area contributed by atoms with Crippen LogP contribution in [0.3, 0.4) is 0 Å². The third-order valence-corrected chi connectivity index (χ3v) is 10.4. The summed E-state index contributed by atoms with van der Waals surface area (Å²) in [6, 6.07) is 24.7. The Bertz CT molecular complexity index is 1870. The van der Waals surface area contributed by atoms with E-state index in [-0.39, 0.29) is 30.2 Å². The van der Waals surface area contributed by atoms with Crippen molar-refractivity contribution in [3.63, 3.8) is 0 Å². The SMILES string of the molecule is COC(=O)CCC1(CCC(=O)OC)c2ccccc2-c2ccccc21.Cc1c(C)c2c(c(CCC(=O)O)c1CCC(=O)O)Cc1ccccc1-2. The zero-order chi connectivity index (χ0) is 36.0. The molecule has 4 aromatic carbocycles. The minimum Gasteiger partial charge on any atom is -0.481 e. The number of hydrogen-bond donors (Lipinski definition) is 2. The van der Waals surface area contributed by atoms with Crippen LogP contribution in [0.2, 0.25) is 0 Å². The molecule has 4 aromatic rings. The quantitative estimate of drug-likeness (QED) is 0.128.